The predicted octanol–water partition coefficient (Wildman–Crippen LogP) is 6.49. The molecule has 1 heterocycles. The van der Waals surface area contributed by atoms with Gasteiger partial charge >= 0.3 is 5.97 Å². The van der Waals surface area contributed by atoms with Gasteiger partial charge in [-0.25, -0.2) is 4.79 Å². The Morgan fingerprint density at radius 1 is 0.862 bits per heavy atom. The van der Waals surface area contributed by atoms with Crippen LogP contribution in [0.4, 0.5) is 0 Å². The minimum absolute atomic E-state index is 0.0796. The van der Waals surface area contributed by atoms with Gasteiger partial charge in [-0.1, -0.05) is 93.6 Å². The number of aromatic nitrogens is 1. The van der Waals surface area contributed by atoms with E-state index in [0.29, 0.717) is 5.69 Å². The smallest absolute Gasteiger partial charge is 0.355 e. The summed E-state index contributed by atoms with van der Waals surface area (Å²) in [5, 5.41) is 1.02. The molecule has 0 aliphatic rings. The Labute approximate surface area is 171 Å². The van der Waals surface area contributed by atoms with Crippen molar-refractivity contribution in [2.45, 2.75) is 32.8 Å². The molecule has 146 valence electrons. The highest BCUT2D eigenvalue weighted by Gasteiger charge is 2.21. The standard InChI is InChI=1S/C26H25NO2/c1-26(2,3)20-15-13-19(14-16-20)23-21-11-7-8-12-22(21)27-24(23)25(28)29-17-18-9-5-4-6-10-18/h4-16,27H,17H2,1-3H3. The van der Waals surface area contributed by atoms with Crippen LogP contribution in [0.3, 0.4) is 0 Å². The summed E-state index contributed by atoms with van der Waals surface area (Å²) in [5.74, 6) is -0.347. The number of benzene rings is 3. The van der Waals surface area contributed by atoms with Crippen LogP contribution in [0.25, 0.3) is 22.0 Å². The lowest BCUT2D eigenvalue weighted by Crippen LogP contribution is -2.10. The maximum Gasteiger partial charge on any atom is 0.355 e. The molecule has 0 aliphatic carbocycles. The second-order valence-corrected chi connectivity index (χ2v) is 8.31. The molecule has 3 heteroatoms. The van der Waals surface area contributed by atoms with Crippen molar-refractivity contribution in [3.63, 3.8) is 0 Å². The molecule has 29 heavy (non-hydrogen) atoms. The van der Waals surface area contributed by atoms with Gasteiger partial charge in [-0.2, -0.15) is 0 Å². The van der Waals surface area contributed by atoms with E-state index in [2.05, 4.69) is 50.0 Å². The van der Waals surface area contributed by atoms with Crippen molar-refractivity contribution in [1.82, 2.24) is 4.98 Å². The molecule has 0 aliphatic heterocycles. The van der Waals surface area contributed by atoms with E-state index in [0.717, 1.165) is 27.6 Å². The summed E-state index contributed by atoms with van der Waals surface area (Å²) in [6.45, 7) is 6.83. The summed E-state index contributed by atoms with van der Waals surface area (Å²) in [6.07, 6.45) is 0. The van der Waals surface area contributed by atoms with Gasteiger partial charge in [0.1, 0.15) is 12.3 Å². The first-order valence-corrected chi connectivity index (χ1v) is 9.86. The number of hydrogen-bond donors (Lipinski definition) is 1. The van der Waals surface area contributed by atoms with E-state index >= 15 is 0 Å². The van der Waals surface area contributed by atoms with E-state index in [1.165, 1.54) is 5.56 Å². The maximum atomic E-state index is 13.0. The van der Waals surface area contributed by atoms with Gasteiger partial charge in [-0.05, 0) is 28.2 Å². The molecule has 0 saturated carbocycles. The van der Waals surface area contributed by atoms with Gasteiger partial charge in [0, 0.05) is 16.5 Å². The zero-order valence-corrected chi connectivity index (χ0v) is 17.0. The van der Waals surface area contributed by atoms with Gasteiger partial charge in [0.15, 0.2) is 0 Å². The number of ether oxygens (including phenoxy) is 1. The second kappa shape index (κ2) is 7.59. The number of aromatic amines is 1. The van der Waals surface area contributed by atoms with Crippen LogP contribution in [0, 0.1) is 0 Å². The molecular weight excluding hydrogens is 358 g/mol. The average molecular weight is 383 g/mol. The van der Waals surface area contributed by atoms with E-state index < -0.39 is 0 Å². The number of fused-ring (bicyclic) bond motifs is 1. The fourth-order valence-electron chi connectivity index (χ4n) is 3.53. The first-order chi connectivity index (χ1) is 13.9. The Morgan fingerprint density at radius 3 is 2.21 bits per heavy atom. The zero-order valence-electron chi connectivity index (χ0n) is 17.0. The average Bonchev–Trinajstić information content (AvgIpc) is 3.12. The van der Waals surface area contributed by atoms with Gasteiger partial charge in [0.25, 0.3) is 0 Å². The Morgan fingerprint density at radius 2 is 1.52 bits per heavy atom. The van der Waals surface area contributed by atoms with E-state index in [9.17, 15) is 4.79 Å². The SMILES string of the molecule is CC(C)(C)c1ccc(-c2c(C(=O)OCc3ccccc3)[nH]c3ccccc23)cc1. The molecule has 0 bridgehead atoms. The van der Waals surface area contributed by atoms with Gasteiger partial charge in [0.2, 0.25) is 0 Å². The minimum atomic E-state index is -0.347. The second-order valence-electron chi connectivity index (χ2n) is 8.31. The van der Waals surface area contributed by atoms with Crippen molar-refractivity contribution in [3.05, 3.63) is 95.7 Å². The van der Waals surface area contributed by atoms with Crippen molar-refractivity contribution >= 4 is 16.9 Å². The number of carbonyl (C=O) groups excluding carboxylic acids is 1. The van der Waals surface area contributed by atoms with Gasteiger partial charge in [-0.15, -0.1) is 0 Å². The molecule has 0 fully saturated rings. The third kappa shape index (κ3) is 3.95. The zero-order chi connectivity index (χ0) is 20.4. The maximum absolute atomic E-state index is 13.0. The van der Waals surface area contributed by atoms with Crippen LogP contribution in [0.1, 0.15) is 42.4 Å². The van der Waals surface area contributed by atoms with Crippen LogP contribution >= 0.6 is 0 Å². The molecule has 1 aromatic heterocycles. The summed E-state index contributed by atoms with van der Waals surface area (Å²) in [6, 6.07) is 26.1. The van der Waals surface area contributed by atoms with Crippen molar-refractivity contribution in [3.8, 4) is 11.1 Å². The fraction of sp³-hybridized carbons (Fsp3) is 0.192. The number of hydrogen-bond acceptors (Lipinski definition) is 2. The molecule has 0 amide bonds. The lowest BCUT2D eigenvalue weighted by Gasteiger charge is -2.19. The summed E-state index contributed by atoms with van der Waals surface area (Å²) >= 11 is 0. The first-order valence-electron chi connectivity index (χ1n) is 9.86. The lowest BCUT2D eigenvalue weighted by atomic mass is 9.86. The lowest BCUT2D eigenvalue weighted by molar-refractivity contribution is 0.0468. The molecule has 3 nitrogen and oxygen atoms in total. The summed E-state index contributed by atoms with van der Waals surface area (Å²) < 4.78 is 5.61. The van der Waals surface area contributed by atoms with Crippen molar-refractivity contribution in [2.24, 2.45) is 0 Å². The topological polar surface area (TPSA) is 42.1 Å². The van der Waals surface area contributed by atoms with E-state index in [4.69, 9.17) is 4.74 Å². The minimum Gasteiger partial charge on any atom is -0.456 e. The van der Waals surface area contributed by atoms with Gasteiger partial charge < -0.3 is 9.72 Å². The third-order valence-electron chi connectivity index (χ3n) is 5.16. The van der Waals surface area contributed by atoms with Gasteiger partial charge in [-0.3, -0.25) is 0 Å². The number of esters is 1. The van der Waals surface area contributed by atoms with Crippen LogP contribution in [0.15, 0.2) is 78.9 Å². The van der Waals surface area contributed by atoms with Crippen LogP contribution in [-0.2, 0) is 16.8 Å². The largest absolute Gasteiger partial charge is 0.456 e. The fourth-order valence-corrected chi connectivity index (χ4v) is 3.53. The van der Waals surface area contributed by atoms with Crippen molar-refractivity contribution in [2.75, 3.05) is 0 Å². The Hall–Kier alpha value is -3.33. The van der Waals surface area contributed by atoms with Crippen LogP contribution in [0.2, 0.25) is 0 Å². The highest BCUT2D eigenvalue weighted by atomic mass is 16.5. The molecule has 4 rings (SSSR count). The molecule has 0 saturated heterocycles. The monoisotopic (exact) mass is 383 g/mol. The number of H-pyrrole nitrogens is 1. The summed E-state index contributed by atoms with van der Waals surface area (Å²) in [4.78, 5) is 16.2. The molecule has 0 unspecified atom stereocenters. The molecule has 1 N–H and O–H groups in total. The van der Waals surface area contributed by atoms with Gasteiger partial charge in [0.05, 0.1) is 0 Å². The van der Waals surface area contributed by atoms with Crippen LogP contribution in [-0.4, -0.2) is 11.0 Å². The van der Waals surface area contributed by atoms with Crippen LogP contribution < -0.4 is 0 Å². The van der Waals surface area contributed by atoms with Crippen molar-refractivity contribution < 1.29 is 9.53 Å². The van der Waals surface area contributed by atoms with Crippen LogP contribution in [0.5, 0.6) is 0 Å². The Kier molecular flexibility index (Phi) is 4.98. The van der Waals surface area contributed by atoms with E-state index in [-0.39, 0.29) is 18.0 Å². The number of para-hydroxylation sites is 1. The molecule has 0 atom stereocenters. The predicted molar refractivity (Wildman–Crippen MR) is 118 cm³/mol. The quantitative estimate of drug-likeness (QED) is 0.409. The highest BCUT2D eigenvalue weighted by molar-refractivity contribution is 6.08. The van der Waals surface area contributed by atoms with E-state index in [1.807, 2.05) is 54.6 Å². The molecular formula is C26H25NO2. The summed E-state index contributed by atoms with van der Waals surface area (Å²) in [5.41, 5.74) is 5.61. The normalized spacial score (nSPS) is 11.6. The summed E-state index contributed by atoms with van der Waals surface area (Å²) in [7, 11) is 0. The highest BCUT2D eigenvalue weighted by Crippen LogP contribution is 2.34. The molecule has 0 spiro atoms. The van der Waals surface area contributed by atoms with E-state index in [1.54, 1.807) is 0 Å². The molecule has 0 radical (unpaired) electrons. The third-order valence-corrected chi connectivity index (χ3v) is 5.16. The Bertz CT molecular complexity index is 1130. The van der Waals surface area contributed by atoms with Crippen molar-refractivity contribution in [1.29, 1.82) is 0 Å². The number of carbonyl (C=O) groups is 1. The Balaban J connectivity index is 1.72. The number of rotatable bonds is 4. The first kappa shape index (κ1) is 19.0. The molecule has 4 aromatic rings. The molecule has 3 aromatic carbocycles. The number of nitrogens with one attached hydrogen (secondary N) is 1.